The molecule has 144 valence electrons. The van der Waals surface area contributed by atoms with Gasteiger partial charge in [0.2, 0.25) is 0 Å². The van der Waals surface area contributed by atoms with E-state index in [0.29, 0.717) is 18.0 Å². The zero-order chi connectivity index (χ0) is 19.1. The quantitative estimate of drug-likeness (QED) is 0.810. The van der Waals surface area contributed by atoms with Gasteiger partial charge in [0.25, 0.3) is 5.91 Å². The number of methoxy groups -OCH3 is 1. The summed E-state index contributed by atoms with van der Waals surface area (Å²) in [6.45, 7) is 4.71. The molecule has 1 fully saturated rings. The maximum atomic E-state index is 12.0. The number of benzene rings is 2. The van der Waals surface area contributed by atoms with Gasteiger partial charge in [0, 0.05) is 38.4 Å². The number of piperazine rings is 1. The smallest absolute Gasteiger partial charge is 0.258 e. The Kier molecular flexibility index (Phi) is 6.54. The summed E-state index contributed by atoms with van der Waals surface area (Å²) in [6, 6.07) is 15.7. The highest BCUT2D eigenvalue weighted by Gasteiger charge is 2.14. The molecule has 0 bridgehead atoms. The molecule has 2 aromatic rings. The van der Waals surface area contributed by atoms with Gasteiger partial charge in [0.1, 0.15) is 0 Å². The lowest BCUT2D eigenvalue weighted by Crippen LogP contribution is -2.44. The first kappa shape index (κ1) is 19.0. The Morgan fingerprint density at radius 2 is 1.67 bits per heavy atom. The van der Waals surface area contributed by atoms with Crippen molar-refractivity contribution in [2.24, 2.45) is 0 Å². The van der Waals surface area contributed by atoms with Crippen molar-refractivity contribution in [2.45, 2.75) is 6.54 Å². The Labute approximate surface area is 160 Å². The minimum Gasteiger partial charge on any atom is -0.493 e. The van der Waals surface area contributed by atoms with Crippen LogP contribution in [-0.4, -0.2) is 57.8 Å². The van der Waals surface area contributed by atoms with Crippen LogP contribution >= 0.6 is 0 Å². The molecule has 1 heterocycles. The van der Waals surface area contributed by atoms with Crippen LogP contribution < -0.4 is 19.7 Å². The first-order valence-corrected chi connectivity index (χ1v) is 9.20. The molecular formula is C21H27N3O3. The van der Waals surface area contributed by atoms with Gasteiger partial charge in [0.05, 0.1) is 7.11 Å². The first-order valence-electron chi connectivity index (χ1n) is 9.20. The molecule has 0 aromatic heterocycles. The molecule has 0 saturated carbocycles. The number of rotatable bonds is 7. The molecular weight excluding hydrogens is 342 g/mol. The van der Waals surface area contributed by atoms with Gasteiger partial charge in [-0.1, -0.05) is 24.3 Å². The minimum atomic E-state index is -0.163. The molecule has 0 unspecified atom stereocenters. The summed E-state index contributed by atoms with van der Waals surface area (Å²) in [6.07, 6.45) is 0. The van der Waals surface area contributed by atoms with E-state index < -0.39 is 0 Å². The molecule has 1 aliphatic heterocycles. The third-order valence-corrected chi connectivity index (χ3v) is 4.72. The number of carbonyl (C=O) groups is 1. The van der Waals surface area contributed by atoms with E-state index in [1.54, 1.807) is 19.2 Å². The number of nitrogens with one attached hydrogen (secondary N) is 1. The van der Waals surface area contributed by atoms with Gasteiger partial charge < -0.3 is 24.6 Å². The van der Waals surface area contributed by atoms with Gasteiger partial charge in [-0.05, 0) is 36.9 Å². The average Bonchev–Trinajstić information content (AvgIpc) is 2.72. The van der Waals surface area contributed by atoms with Crippen molar-refractivity contribution in [3.8, 4) is 11.5 Å². The van der Waals surface area contributed by atoms with Crippen LogP contribution in [0, 0.1) is 0 Å². The summed E-state index contributed by atoms with van der Waals surface area (Å²) >= 11 is 0. The van der Waals surface area contributed by atoms with E-state index in [-0.39, 0.29) is 12.5 Å². The fraction of sp³-hybridized carbons (Fsp3) is 0.381. The maximum absolute atomic E-state index is 12.0. The summed E-state index contributed by atoms with van der Waals surface area (Å²) in [5.74, 6) is 1.01. The Hall–Kier alpha value is -2.73. The third kappa shape index (κ3) is 5.37. The van der Waals surface area contributed by atoms with Crippen LogP contribution in [0.5, 0.6) is 11.5 Å². The molecule has 0 radical (unpaired) electrons. The number of ether oxygens (including phenoxy) is 2. The topological polar surface area (TPSA) is 54.0 Å². The lowest BCUT2D eigenvalue weighted by Gasteiger charge is -2.34. The Morgan fingerprint density at radius 1 is 1.00 bits per heavy atom. The second kappa shape index (κ2) is 9.28. The normalized spacial score (nSPS) is 14.7. The summed E-state index contributed by atoms with van der Waals surface area (Å²) < 4.78 is 10.7. The second-order valence-electron chi connectivity index (χ2n) is 6.67. The maximum Gasteiger partial charge on any atom is 0.258 e. The van der Waals surface area contributed by atoms with Crippen LogP contribution in [-0.2, 0) is 11.3 Å². The third-order valence-electron chi connectivity index (χ3n) is 4.72. The standard InChI is InChI=1S/C21H27N3O3/c1-23-11-13-24(14-12-23)18-9-7-17(8-10-18)15-22-21(25)16-27-20-6-4-3-5-19(20)26-2/h3-10H,11-16H2,1-2H3,(H,22,25). The predicted molar refractivity (Wildman–Crippen MR) is 106 cm³/mol. The van der Waals surface area contributed by atoms with Crippen LogP contribution in [0.2, 0.25) is 0 Å². The van der Waals surface area contributed by atoms with E-state index in [9.17, 15) is 4.79 Å². The van der Waals surface area contributed by atoms with E-state index in [1.807, 2.05) is 12.1 Å². The van der Waals surface area contributed by atoms with Crippen molar-refractivity contribution in [2.75, 3.05) is 51.8 Å². The van der Waals surface area contributed by atoms with Gasteiger partial charge in [-0.3, -0.25) is 4.79 Å². The van der Waals surface area contributed by atoms with Crippen LogP contribution in [0.1, 0.15) is 5.56 Å². The number of carbonyl (C=O) groups excluding carboxylic acids is 1. The summed E-state index contributed by atoms with van der Waals surface area (Å²) in [7, 11) is 3.73. The van der Waals surface area contributed by atoms with Crippen molar-refractivity contribution < 1.29 is 14.3 Å². The number of amides is 1. The van der Waals surface area contributed by atoms with Crippen molar-refractivity contribution in [3.63, 3.8) is 0 Å². The van der Waals surface area contributed by atoms with Crippen LogP contribution in [0.25, 0.3) is 0 Å². The predicted octanol–water partition coefficient (Wildman–Crippen LogP) is 2.14. The van der Waals surface area contributed by atoms with Crippen molar-refractivity contribution >= 4 is 11.6 Å². The fourth-order valence-corrected chi connectivity index (χ4v) is 3.02. The average molecular weight is 369 g/mol. The number of hydrogen-bond acceptors (Lipinski definition) is 5. The van der Waals surface area contributed by atoms with E-state index >= 15 is 0 Å². The van der Waals surface area contributed by atoms with Crippen molar-refractivity contribution in [1.29, 1.82) is 0 Å². The van der Waals surface area contributed by atoms with E-state index in [0.717, 1.165) is 31.7 Å². The molecule has 2 aromatic carbocycles. The molecule has 1 aliphatic rings. The Balaban J connectivity index is 1.45. The highest BCUT2D eigenvalue weighted by atomic mass is 16.5. The van der Waals surface area contributed by atoms with Crippen LogP contribution in [0.4, 0.5) is 5.69 Å². The molecule has 0 spiro atoms. The lowest BCUT2D eigenvalue weighted by atomic mass is 10.2. The molecule has 1 saturated heterocycles. The molecule has 0 atom stereocenters. The monoisotopic (exact) mass is 369 g/mol. The second-order valence-corrected chi connectivity index (χ2v) is 6.67. The largest absolute Gasteiger partial charge is 0.493 e. The molecule has 0 aliphatic carbocycles. The number of anilines is 1. The number of para-hydroxylation sites is 2. The number of likely N-dealkylation sites (N-methyl/N-ethyl adjacent to an activating group) is 1. The molecule has 3 rings (SSSR count). The zero-order valence-corrected chi connectivity index (χ0v) is 16.0. The highest BCUT2D eigenvalue weighted by molar-refractivity contribution is 5.77. The zero-order valence-electron chi connectivity index (χ0n) is 16.0. The molecule has 27 heavy (non-hydrogen) atoms. The number of nitrogens with zero attached hydrogens (tertiary/aromatic N) is 2. The Morgan fingerprint density at radius 3 is 2.33 bits per heavy atom. The highest BCUT2D eigenvalue weighted by Crippen LogP contribution is 2.25. The summed E-state index contributed by atoms with van der Waals surface area (Å²) in [5, 5.41) is 2.89. The van der Waals surface area contributed by atoms with Crippen LogP contribution in [0.3, 0.4) is 0 Å². The van der Waals surface area contributed by atoms with Gasteiger partial charge in [-0.25, -0.2) is 0 Å². The fourth-order valence-electron chi connectivity index (χ4n) is 3.02. The van der Waals surface area contributed by atoms with Gasteiger partial charge in [0.15, 0.2) is 18.1 Å². The van der Waals surface area contributed by atoms with E-state index in [4.69, 9.17) is 9.47 Å². The van der Waals surface area contributed by atoms with E-state index in [2.05, 4.69) is 46.4 Å². The van der Waals surface area contributed by atoms with Crippen LogP contribution in [0.15, 0.2) is 48.5 Å². The summed E-state index contributed by atoms with van der Waals surface area (Å²) in [4.78, 5) is 16.8. The molecule has 6 heteroatoms. The molecule has 1 N–H and O–H groups in total. The van der Waals surface area contributed by atoms with Gasteiger partial charge >= 0.3 is 0 Å². The van der Waals surface area contributed by atoms with Gasteiger partial charge in [-0.15, -0.1) is 0 Å². The van der Waals surface area contributed by atoms with Crippen molar-refractivity contribution in [1.82, 2.24) is 10.2 Å². The van der Waals surface area contributed by atoms with E-state index in [1.165, 1.54) is 5.69 Å². The Bertz CT molecular complexity index is 741. The first-order chi connectivity index (χ1) is 13.2. The SMILES string of the molecule is COc1ccccc1OCC(=O)NCc1ccc(N2CCN(C)CC2)cc1. The minimum absolute atomic E-state index is 0.0419. The molecule has 1 amide bonds. The summed E-state index contributed by atoms with van der Waals surface area (Å²) in [5.41, 5.74) is 2.30. The van der Waals surface area contributed by atoms with Crippen molar-refractivity contribution in [3.05, 3.63) is 54.1 Å². The lowest BCUT2D eigenvalue weighted by molar-refractivity contribution is -0.123. The van der Waals surface area contributed by atoms with Gasteiger partial charge in [-0.2, -0.15) is 0 Å². The number of hydrogen-bond donors (Lipinski definition) is 1. The molecule has 6 nitrogen and oxygen atoms in total.